The lowest BCUT2D eigenvalue weighted by molar-refractivity contribution is 0.0948. The van der Waals surface area contributed by atoms with Crippen molar-refractivity contribution in [3.05, 3.63) is 29.8 Å². The van der Waals surface area contributed by atoms with Crippen molar-refractivity contribution in [2.75, 3.05) is 0 Å². The van der Waals surface area contributed by atoms with Crippen LogP contribution < -0.4 is 5.32 Å². The van der Waals surface area contributed by atoms with Crippen LogP contribution in [0.3, 0.4) is 0 Å². The van der Waals surface area contributed by atoms with Crippen molar-refractivity contribution in [2.24, 2.45) is 0 Å². The minimum atomic E-state index is -1.67. The maximum absolute atomic E-state index is 11.6. The molecule has 1 aromatic carbocycles. The third-order valence-corrected chi connectivity index (χ3v) is 4.05. The summed E-state index contributed by atoms with van der Waals surface area (Å²) in [4.78, 5) is 10.8. The fourth-order valence-electron chi connectivity index (χ4n) is 0.940. The normalized spacial score (nSPS) is 13.2. The molecule has 1 atom stereocenters. The first-order chi connectivity index (χ1) is 7.32. The van der Waals surface area contributed by atoms with Crippen LogP contribution in [-0.2, 0) is 0 Å². The first-order valence-electron chi connectivity index (χ1n) is 4.12. The molecule has 0 heterocycles. The summed E-state index contributed by atoms with van der Waals surface area (Å²) in [5.41, 5.74) is 0.112. The minimum absolute atomic E-state index is 0.112. The van der Waals surface area contributed by atoms with Gasteiger partial charge >= 0.3 is 0 Å². The van der Waals surface area contributed by atoms with E-state index in [-0.39, 0.29) is 11.3 Å². The van der Waals surface area contributed by atoms with E-state index >= 15 is 0 Å². The SMILES string of the molecule is O=C(NC(Br)C(Cl)(Cl)Cl)c1ccccc1O. The van der Waals surface area contributed by atoms with Gasteiger partial charge in [-0.05, 0) is 12.1 Å². The van der Waals surface area contributed by atoms with Crippen LogP contribution in [0, 0.1) is 0 Å². The molecule has 0 saturated heterocycles. The number of nitrogens with one attached hydrogen (secondary N) is 1. The smallest absolute Gasteiger partial charge is 0.256 e. The molecule has 0 aliphatic carbocycles. The molecule has 0 bridgehead atoms. The van der Waals surface area contributed by atoms with E-state index in [0.29, 0.717) is 0 Å². The van der Waals surface area contributed by atoms with Gasteiger partial charge in [-0.2, -0.15) is 0 Å². The van der Waals surface area contributed by atoms with Crippen LogP contribution in [0.2, 0.25) is 0 Å². The maximum atomic E-state index is 11.6. The molecule has 0 aliphatic rings. The summed E-state index contributed by atoms with van der Waals surface area (Å²) in [6, 6.07) is 6.08. The number of benzene rings is 1. The first-order valence-corrected chi connectivity index (χ1v) is 6.17. The largest absolute Gasteiger partial charge is 0.507 e. The Balaban J connectivity index is 2.78. The highest BCUT2D eigenvalue weighted by Gasteiger charge is 2.32. The summed E-state index contributed by atoms with van der Waals surface area (Å²) in [6.45, 7) is 0. The molecule has 1 aromatic rings. The maximum Gasteiger partial charge on any atom is 0.256 e. The van der Waals surface area contributed by atoms with Crippen LogP contribution in [0.1, 0.15) is 10.4 Å². The second-order valence-corrected chi connectivity index (χ2v) is 6.18. The van der Waals surface area contributed by atoms with Gasteiger partial charge in [0.25, 0.3) is 5.91 Å². The van der Waals surface area contributed by atoms with Crippen molar-refractivity contribution >= 4 is 56.6 Å². The van der Waals surface area contributed by atoms with Gasteiger partial charge in [0.15, 0.2) is 0 Å². The lowest BCUT2D eigenvalue weighted by atomic mass is 10.2. The van der Waals surface area contributed by atoms with E-state index in [0.717, 1.165) is 0 Å². The van der Waals surface area contributed by atoms with Gasteiger partial charge in [-0.15, -0.1) is 0 Å². The summed E-state index contributed by atoms with van der Waals surface area (Å²) in [6.07, 6.45) is 0. The molecule has 0 aromatic heterocycles. The number of carbonyl (C=O) groups excluding carboxylic acids is 1. The molecule has 7 heteroatoms. The number of phenolic OH excluding ortho intramolecular Hbond substituents is 1. The Morgan fingerprint density at radius 2 is 1.94 bits per heavy atom. The Morgan fingerprint density at radius 3 is 2.44 bits per heavy atom. The zero-order chi connectivity index (χ0) is 12.3. The third-order valence-electron chi connectivity index (χ3n) is 1.69. The zero-order valence-electron chi connectivity index (χ0n) is 7.75. The molecule has 1 unspecified atom stereocenters. The summed E-state index contributed by atoms with van der Waals surface area (Å²) in [5.74, 6) is -0.671. The first kappa shape index (κ1) is 13.9. The molecular formula is C9H7BrCl3NO2. The van der Waals surface area contributed by atoms with E-state index in [1.165, 1.54) is 12.1 Å². The van der Waals surface area contributed by atoms with E-state index in [4.69, 9.17) is 34.8 Å². The monoisotopic (exact) mass is 345 g/mol. The number of rotatable bonds is 2. The number of para-hydroxylation sites is 1. The summed E-state index contributed by atoms with van der Waals surface area (Å²) in [5, 5.41) is 11.8. The van der Waals surface area contributed by atoms with Gasteiger partial charge < -0.3 is 10.4 Å². The second kappa shape index (κ2) is 5.45. The van der Waals surface area contributed by atoms with Gasteiger partial charge in [0, 0.05) is 0 Å². The lowest BCUT2D eigenvalue weighted by Gasteiger charge is -2.19. The van der Waals surface area contributed by atoms with Gasteiger partial charge in [-0.25, -0.2) is 0 Å². The van der Waals surface area contributed by atoms with E-state index in [2.05, 4.69) is 21.2 Å². The summed E-state index contributed by atoms with van der Waals surface area (Å²) >= 11 is 19.7. The number of aromatic hydroxyl groups is 1. The quantitative estimate of drug-likeness (QED) is 0.637. The van der Waals surface area contributed by atoms with E-state index in [1.54, 1.807) is 12.1 Å². The van der Waals surface area contributed by atoms with Crippen molar-refractivity contribution in [2.45, 2.75) is 8.74 Å². The predicted molar refractivity (Wildman–Crippen MR) is 68.6 cm³/mol. The van der Waals surface area contributed by atoms with Crippen molar-refractivity contribution in [3.63, 3.8) is 0 Å². The molecule has 0 saturated carbocycles. The highest BCUT2D eigenvalue weighted by molar-refractivity contribution is 9.09. The molecule has 88 valence electrons. The number of amides is 1. The Morgan fingerprint density at radius 1 is 1.38 bits per heavy atom. The highest BCUT2D eigenvalue weighted by Crippen LogP contribution is 2.33. The Labute approximate surface area is 116 Å². The van der Waals surface area contributed by atoms with Crippen molar-refractivity contribution in [1.82, 2.24) is 5.32 Å². The number of halogens is 4. The number of carbonyl (C=O) groups is 1. The Bertz CT molecular complexity index is 395. The van der Waals surface area contributed by atoms with Gasteiger partial charge in [0.1, 0.15) is 10.7 Å². The molecular weight excluding hydrogens is 340 g/mol. The van der Waals surface area contributed by atoms with Crippen LogP contribution in [0.5, 0.6) is 5.75 Å². The molecule has 0 radical (unpaired) electrons. The lowest BCUT2D eigenvalue weighted by Crippen LogP contribution is -2.39. The van der Waals surface area contributed by atoms with Crippen molar-refractivity contribution in [3.8, 4) is 5.75 Å². The van der Waals surface area contributed by atoms with Crippen LogP contribution in [0.25, 0.3) is 0 Å². The van der Waals surface area contributed by atoms with E-state index in [1.807, 2.05) is 0 Å². The Kier molecular flexibility index (Phi) is 4.73. The number of phenols is 1. The minimum Gasteiger partial charge on any atom is -0.507 e. The summed E-state index contributed by atoms with van der Waals surface area (Å²) < 4.78 is -1.67. The zero-order valence-corrected chi connectivity index (χ0v) is 11.6. The van der Waals surface area contributed by atoms with Gasteiger partial charge in [-0.3, -0.25) is 4.79 Å². The molecule has 0 aliphatic heterocycles. The van der Waals surface area contributed by atoms with Crippen molar-refractivity contribution < 1.29 is 9.90 Å². The Hall–Kier alpha value is -0.160. The third kappa shape index (κ3) is 3.70. The van der Waals surface area contributed by atoms with Gasteiger partial charge in [-0.1, -0.05) is 62.9 Å². The summed E-state index contributed by atoms with van der Waals surface area (Å²) in [7, 11) is 0. The topological polar surface area (TPSA) is 49.3 Å². The van der Waals surface area contributed by atoms with Gasteiger partial charge in [0.2, 0.25) is 3.79 Å². The van der Waals surface area contributed by atoms with Crippen LogP contribution in [0.4, 0.5) is 0 Å². The predicted octanol–water partition coefficient (Wildman–Crippen LogP) is 3.21. The molecule has 0 fully saturated rings. The molecule has 3 nitrogen and oxygen atoms in total. The average Bonchev–Trinajstić information content (AvgIpc) is 2.16. The fraction of sp³-hybridized carbons (Fsp3) is 0.222. The van der Waals surface area contributed by atoms with E-state index in [9.17, 15) is 9.90 Å². The van der Waals surface area contributed by atoms with Crippen LogP contribution >= 0.6 is 50.7 Å². The van der Waals surface area contributed by atoms with Crippen LogP contribution in [-0.4, -0.2) is 19.8 Å². The van der Waals surface area contributed by atoms with Gasteiger partial charge in [0.05, 0.1) is 5.56 Å². The molecule has 16 heavy (non-hydrogen) atoms. The average molecular weight is 347 g/mol. The number of hydrogen-bond donors (Lipinski definition) is 2. The van der Waals surface area contributed by atoms with Crippen LogP contribution in [0.15, 0.2) is 24.3 Å². The number of hydrogen-bond acceptors (Lipinski definition) is 2. The molecule has 1 rings (SSSR count). The molecule has 2 N–H and O–H groups in total. The van der Waals surface area contributed by atoms with E-state index < -0.39 is 14.7 Å². The molecule has 1 amide bonds. The number of alkyl halides is 4. The highest BCUT2D eigenvalue weighted by atomic mass is 79.9. The fourth-order valence-corrected chi connectivity index (χ4v) is 1.31. The standard InChI is InChI=1S/C9H7BrCl3NO2/c10-8(9(11,12)13)14-7(16)5-3-1-2-4-6(5)15/h1-4,8,15H,(H,14,16). The van der Waals surface area contributed by atoms with Crippen molar-refractivity contribution in [1.29, 1.82) is 0 Å². The second-order valence-electron chi connectivity index (χ2n) is 2.89. The molecule has 0 spiro atoms.